The molecule has 2 amide bonds. The van der Waals surface area contributed by atoms with Crippen molar-refractivity contribution >= 4 is 35.7 Å². The first-order chi connectivity index (χ1) is 11.1. The second-order valence-corrected chi connectivity index (χ2v) is 5.21. The molecule has 0 aliphatic heterocycles. The van der Waals surface area contributed by atoms with E-state index >= 15 is 0 Å². The minimum absolute atomic E-state index is 0.230. The van der Waals surface area contributed by atoms with Crippen molar-refractivity contribution in [2.75, 3.05) is 5.32 Å². The Morgan fingerprint density at radius 3 is 2.48 bits per heavy atom. The highest BCUT2D eigenvalue weighted by molar-refractivity contribution is 6.34. The number of rotatable bonds is 6. The van der Waals surface area contributed by atoms with E-state index in [9.17, 15) is 9.59 Å². The molecule has 2 aromatic carbocycles. The van der Waals surface area contributed by atoms with Gasteiger partial charge in [-0.1, -0.05) is 29.8 Å². The molecule has 0 aliphatic rings. The molecule has 0 spiro atoms. The smallest absolute Gasteiger partial charge is 0.255 e. The number of carbonyl (C=O) groups excluding carboxylic acids is 2. The van der Waals surface area contributed by atoms with Gasteiger partial charge in [0.05, 0.1) is 10.7 Å². The van der Waals surface area contributed by atoms with Gasteiger partial charge in [0.15, 0.2) is 0 Å². The average molecular weight is 330 g/mol. The zero-order valence-electron chi connectivity index (χ0n) is 12.5. The third-order valence-electron chi connectivity index (χ3n) is 3.05. The van der Waals surface area contributed by atoms with E-state index in [1.54, 1.807) is 48.7 Å². The zero-order chi connectivity index (χ0) is 16.7. The number of anilines is 1. The maximum Gasteiger partial charge on any atom is 0.255 e. The van der Waals surface area contributed by atoms with E-state index in [-0.39, 0.29) is 5.91 Å². The summed E-state index contributed by atoms with van der Waals surface area (Å²) in [6.07, 6.45) is 3.87. The third kappa shape index (κ3) is 4.86. The average Bonchev–Trinajstić information content (AvgIpc) is 2.55. The normalized spacial score (nSPS) is 10.3. The number of carbonyl (C=O) groups is 2. The second-order valence-electron chi connectivity index (χ2n) is 4.80. The molecule has 0 radical (unpaired) electrons. The lowest BCUT2D eigenvalue weighted by molar-refractivity contribution is -0.110. The fraction of sp³-hybridized carbons (Fsp3) is 0.0588. The summed E-state index contributed by atoms with van der Waals surface area (Å²) in [5, 5.41) is 3.29. The number of benzene rings is 2. The summed E-state index contributed by atoms with van der Waals surface area (Å²) in [6.45, 7) is 1.93. The van der Waals surface area contributed by atoms with Crippen molar-refractivity contribution < 1.29 is 9.59 Å². The van der Waals surface area contributed by atoms with Gasteiger partial charge in [-0.25, -0.2) is 0 Å². The van der Waals surface area contributed by atoms with Gasteiger partial charge in [-0.3, -0.25) is 15.0 Å². The molecule has 2 rings (SSSR count). The summed E-state index contributed by atoms with van der Waals surface area (Å²) in [5.41, 5.74) is 7.88. The van der Waals surface area contributed by atoms with Crippen LogP contribution in [0.1, 0.15) is 21.5 Å². The molecule has 0 bridgehead atoms. The van der Waals surface area contributed by atoms with Crippen molar-refractivity contribution in [3.8, 4) is 0 Å². The molecule has 0 saturated carbocycles. The van der Waals surface area contributed by atoms with Crippen LogP contribution < -0.4 is 16.2 Å². The van der Waals surface area contributed by atoms with Gasteiger partial charge in [-0.15, -0.1) is 0 Å². The number of hydrogen-bond donors (Lipinski definition) is 3. The van der Waals surface area contributed by atoms with Gasteiger partial charge in [-0.05, 0) is 48.4 Å². The van der Waals surface area contributed by atoms with Crippen LogP contribution in [0.5, 0.6) is 0 Å². The monoisotopic (exact) mass is 329 g/mol. The number of hydrogen-bond acceptors (Lipinski definition) is 3. The molecule has 0 aliphatic carbocycles. The van der Waals surface area contributed by atoms with Crippen molar-refractivity contribution in [3.63, 3.8) is 0 Å². The van der Waals surface area contributed by atoms with Crippen molar-refractivity contribution in [1.82, 2.24) is 10.9 Å². The summed E-state index contributed by atoms with van der Waals surface area (Å²) in [5.74, 6) is -0.230. The molecule has 0 aromatic heterocycles. The molecule has 0 saturated heterocycles. The van der Waals surface area contributed by atoms with Crippen LogP contribution in [0, 0.1) is 6.92 Å². The Morgan fingerprint density at radius 2 is 1.83 bits per heavy atom. The van der Waals surface area contributed by atoms with E-state index in [1.807, 2.05) is 13.0 Å². The predicted octanol–water partition coefficient (Wildman–Crippen LogP) is 3.12. The molecule has 0 fully saturated rings. The van der Waals surface area contributed by atoms with E-state index < -0.39 is 0 Å². The molecular weight excluding hydrogens is 314 g/mol. The molecule has 0 heterocycles. The maximum atomic E-state index is 12.2. The van der Waals surface area contributed by atoms with Crippen LogP contribution in [0.4, 0.5) is 5.69 Å². The zero-order valence-corrected chi connectivity index (χ0v) is 13.2. The Balaban J connectivity index is 2.02. The van der Waals surface area contributed by atoms with Gasteiger partial charge >= 0.3 is 0 Å². The van der Waals surface area contributed by atoms with E-state index in [4.69, 9.17) is 11.6 Å². The Labute approximate surface area is 139 Å². The summed E-state index contributed by atoms with van der Waals surface area (Å²) in [7, 11) is 0. The lowest BCUT2D eigenvalue weighted by Crippen LogP contribution is -2.24. The Hall–Kier alpha value is -2.79. The standard InChI is InChI=1S/C17H16ClN3O2/c1-12-2-7-16(15(18)10-12)21-17(23)14-5-3-13(4-6-14)8-9-19-20-11-22/h2-11,19H,1H3,(H,20,22)(H,21,23)/b9-8+. The largest absolute Gasteiger partial charge is 0.321 e. The first kappa shape index (κ1) is 16.6. The fourth-order valence-electron chi connectivity index (χ4n) is 1.88. The molecule has 3 N–H and O–H groups in total. The van der Waals surface area contributed by atoms with Gasteiger partial charge in [-0.2, -0.15) is 0 Å². The van der Waals surface area contributed by atoms with E-state index in [2.05, 4.69) is 16.2 Å². The molecule has 2 aromatic rings. The van der Waals surface area contributed by atoms with E-state index in [1.165, 1.54) is 0 Å². The van der Waals surface area contributed by atoms with Crippen LogP contribution in [-0.2, 0) is 4.79 Å². The topological polar surface area (TPSA) is 70.2 Å². The Morgan fingerprint density at radius 1 is 1.09 bits per heavy atom. The first-order valence-corrected chi connectivity index (χ1v) is 7.27. The quantitative estimate of drug-likeness (QED) is 0.433. The highest BCUT2D eigenvalue weighted by atomic mass is 35.5. The molecule has 6 heteroatoms. The lowest BCUT2D eigenvalue weighted by Gasteiger charge is -2.08. The SMILES string of the molecule is Cc1ccc(NC(=O)c2ccc(/C=C/NNC=O)cc2)c(Cl)c1. The third-order valence-corrected chi connectivity index (χ3v) is 3.36. The van der Waals surface area contributed by atoms with Crippen LogP contribution in [0.15, 0.2) is 48.7 Å². The lowest BCUT2D eigenvalue weighted by atomic mass is 10.1. The van der Waals surface area contributed by atoms with Crippen LogP contribution in [0.3, 0.4) is 0 Å². The molecule has 5 nitrogen and oxygen atoms in total. The van der Waals surface area contributed by atoms with Gasteiger partial charge in [0, 0.05) is 11.8 Å². The minimum atomic E-state index is -0.230. The molecule has 0 atom stereocenters. The number of amides is 2. The number of halogens is 1. The van der Waals surface area contributed by atoms with E-state index in [0.29, 0.717) is 22.7 Å². The molecule has 118 valence electrons. The number of aryl methyl sites for hydroxylation is 1. The summed E-state index contributed by atoms with van der Waals surface area (Å²) >= 11 is 6.11. The summed E-state index contributed by atoms with van der Waals surface area (Å²) < 4.78 is 0. The van der Waals surface area contributed by atoms with Gasteiger partial charge in [0.1, 0.15) is 0 Å². The van der Waals surface area contributed by atoms with Crippen LogP contribution >= 0.6 is 11.6 Å². The van der Waals surface area contributed by atoms with Gasteiger partial charge < -0.3 is 10.7 Å². The van der Waals surface area contributed by atoms with Gasteiger partial charge in [0.25, 0.3) is 5.91 Å². The van der Waals surface area contributed by atoms with Crippen LogP contribution in [-0.4, -0.2) is 12.3 Å². The van der Waals surface area contributed by atoms with Crippen LogP contribution in [0.2, 0.25) is 5.02 Å². The second kappa shape index (κ2) is 8.00. The van der Waals surface area contributed by atoms with Crippen molar-refractivity contribution in [2.24, 2.45) is 0 Å². The maximum absolute atomic E-state index is 12.2. The fourth-order valence-corrected chi connectivity index (χ4v) is 2.16. The predicted molar refractivity (Wildman–Crippen MR) is 92.0 cm³/mol. The van der Waals surface area contributed by atoms with Gasteiger partial charge in [0.2, 0.25) is 6.41 Å². The summed E-state index contributed by atoms with van der Waals surface area (Å²) in [6, 6.07) is 12.5. The Kier molecular flexibility index (Phi) is 5.77. The number of hydrazine groups is 1. The molecule has 23 heavy (non-hydrogen) atoms. The van der Waals surface area contributed by atoms with Crippen molar-refractivity contribution in [3.05, 3.63) is 70.4 Å². The van der Waals surface area contributed by atoms with Crippen molar-refractivity contribution in [2.45, 2.75) is 6.92 Å². The molecular formula is C17H16ClN3O2. The first-order valence-electron chi connectivity index (χ1n) is 6.89. The minimum Gasteiger partial charge on any atom is -0.321 e. The highest BCUT2D eigenvalue weighted by Gasteiger charge is 2.08. The molecule has 0 unspecified atom stereocenters. The highest BCUT2D eigenvalue weighted by Crippen LogP contribution is 2.23. The summed E-state index contributed by atoms with van der Waals surface area (Å²) in [4.78, 5) is 22.3. The van der Waals surface area contributed by atoms with Crippen LogP contribution in [0.25, 0.3) is 6.08 Å². The van der Waals surface area contributed by atoms with Crippen molar-refractivity contribution in [1.29, 1.82) is 0 Å². The Bertz CT molecular complexity index is 727. The van der Waals surface area contributed by atoms with E-state index in [0.717, 1.165) is 11.1 Å². The number of nitrogens with one attached hydrogen (secondary N) is 3.